The van der Waals surface area contributed by atoms with Gasteiger partial charge in [0, 0.05) is 12.3 Å². The third-order valence-electron chi connectivity index (χ3n) is 5.22. The Labute approximate surface area is 231 Å². The van der Waals surface area contributed by atoms with Crippen molar-refractivity contribution in [2.45, 2.75) is 49.1 Å². The molecule has 242 valence electrons. The standard InChI is InChI=1S/C14H24N2O22P4/c17-7-1-2-16(14(23)15-7)12-10(20)8(18)5(34-12)3-32-39(24,25)36-41(28,29)38-42(30,31)37-40(26,27)33-4-6-9(19)11(21)13(22)35-6/h1-2,5-6,8-13,18-22H,3-4H2,(H,24,25)(H,26,27)(H,28,29)(H,30,31)(H,15,17,23)/t5-,6-,8-,9-,10-,11-,12-,13-/m1/s1. The van der Waals surface area contributed by atoms with Gasteiger partial charge >= 0.3 is 37.0 Å². The number of hydrogen-bond acceptors (Lipinski definition) is 18. The summed E-state index contributed by atoms with van der Waals surface area (Å²) in [6.45, 7) is -2.33. The first kappa shape index (κ1) is 35.4. The van der Waals surface area contributed by atoms with E-state index in [1.54, 1.807) is 0 Å². The van der Waals surface area contributed by atoms with Crippen molar-refractivity contribution >= 4 is 31.3 Å². The molecule has 2 aliphatic rings. The second-order valence-electron chi connectivity index (χ2n) is 8.32. The molecule has 28 heteroatoms. The number of nitrogens with one attached hydrogen (secondary N) is 1. The lowest BCUT2D eigenvalue weighted by atomic mass is 10.1. The Morgan fingerprint density at radius 2 is 1.17 bits per heavy atom. The van der Waals surface area contributed by atoms with Crippen LogP contribution in [0.25, 0.3) is 0 Å². The summed E-state index contributed by atoms with van der Waals surface area (Å²) in [5.41, 5.74) is -1.87. The fraction of sp³-hybridized carbons (Fsp3) is 0.714. The molecule has 0 amide bonds. The third kappa shape index (κ3) is 9.24. The van der Waals surface area contributed by atoms with Gasteiger partial charge in [-0.05, 0) is 0 Å². The van der Waals surface area contributed by atoms with Gasteiger partial charge in [-0.1, -0.05) is 0 Å². The molecular weight excluding hydrogens is 672 g/mol. The molecule has 3 rings (SSSR count). The maximum atomic E-state index is 12.1. The predicted octanol–water partition coefficient (Wildman–Crippen LogP) is -3.92. The summed E-state index contributed by atoms with van der Waals surface area (Å²) in [6, 6.07) is 0.874. The van der Waals surface area contributed by atoms with E-state index in [4.69, 9.17) is 4.74 Å². The van der Waals surface area contributed by atoms with Gasteiger partial charge in [0.25, 0.3) is 5.56 Å². The molecule has 12 atom stereocenters. The summed E-state index contributed by atoms with van der Waals surface area (Å²) in [5, 5.41) is 48.4. The van der Waals surface area contributed by atoms with E-state index in [1.807, 2.05) is 4.98 Å². The molecule has 10 N–H and O–H groups in total. The molecule has 4 unspecified atom stereocenters. The Balaban J connectivity index is 1.55. The Morgan fingerprint density at radius 1 is 0.714 bits per heavy atom. The smallest absolute Gasteiger partial charge is 0.387 e. The fourth-order valence-electron chi connectivity index (χ4n) is 3.39. The lowest BCUT2D eigenvalue weighted by molar-refractivity contribution is -0.132. The highest BCUT2D eigenvalue weighted by Crippen LogP contribution is 2.71. The maximum absolute atomic E-state index is 12.1. The zero-order valence-corrected chi connectivity index (χ0v) is 23.8. The van der Waals surface area contributed by atoms with Crippen molar-refractivity contribution in [1.82, 2.24) is 9.55 Å². The van der Waals surface area contributed by atoms with Gasteiger partial charge in [-0.3, -0.25) is 23.4 Å². The number of phosphoric ester groups is 2. The van der Waals surface area contributed by atoms with E-state index in [9.17, 15) is 73.0 Å². The minimum absolute atomic E-state index is 0.651. The molecule has 0 aromatic carbocycles. The second-order valence-corrected chi connectivity index (χ2v) is 14.5. The van der Waals surface area contributed by atoms with E-state index in [1.165, 1.54) is 0 Å². The number of aliphatic hydroxyl groups excluding tert-OH is 5. The highest BCUT2D eigenvalue weighted by molar-refractivity contribution is 7.69. The van der Waals surface area contributed by atoms with E-state index in [-0.39, 0.29) is 0 Å². The SMILES string of the molecule is O=c1ccn([C@@H]2O[C@H](COP(=O)(O)OP(=O)(O)OP(=O)(O)OP(=O)(O)OC[C@H]3O[C@@H](O)[C@H](O)[C@@H]3O)[C@@H](O)[C@H]2O)c(=O)[nH]1. The highest BCUT2D eigenvalue weighted by Gasteiger charge is 2.49. The van der Waals surface area contributed by atoms with Gasteiger partial charge in [0.1, 0.15) is 36.6 Å². The van der Waals surface area contributed by atoms with Crippen molar-refractivity contribution in [2.75, 3.05) is 13.2 Å². The third-order valence-corrected chi connectivity index (χ3v) is 11.1. The van der Waals surface area contributed by atoms with Crippen LogP contribution in [0.3, 0.4) is 0 Å². The molecule has 0 saturated carbocycles. The number of aromatic amines is 1. The van der Waals surface area contributed by atoms with Crippen LogP contribution in [0.1, 0.15) is 6.23 Å². The lowest BCUT2D eigenvalue weighted by Gasteiger charge is -2.21. The van der Waals surface area contributed by atoms with Crippen molar-refractivity contribution in [3.63, 3.8) is 0 Å². The molecule has 1 aromatic rings. The summed E-state index contributed by atoms with van der Waals surface area (Å²) in [4.78, 5) is 63.3. The number of phosphoric acid groups is 4. The van der Waals surface area contributed by atoms with Gasteiger partial charge in [0.2, 0.25) is 0 Å². The summed E-state index contributed by atoms with van der Waals surface area (Å²) in [7, 11) is -23.8. The van der Waals surface area contributed by atoms with Gasteiger partial charge < -0.3 is 54.6 Å². The van der Waals surface area contributed by atoms with Crippen molar-refractivity contribution in [3.05, 3.63) is 33.1 Å². The van der Waals surface area contributed by atoms with Crippen molar-refractivity contribution in [2.24, 2.45) is 0 Å². The molecule has 0 aliphatic carbocycles. The summed E-state index contributed by atoms with van der Waals surface area (Å²) >= 11 is 0. The van der Waals surface area contributed by atoms with Crippen LogP contribution in [0.4, 0.5) is 0 Å². The van der Waals surface area contributed by atoms with Crippen LogP contribution in [0.5, 0.6) is 0 Å². The van der Waals surface area contributed by atoms with E-state index in [0.717, 1.165) is 12.3 Å². The van der Waals surface area contributed by atoms with E-state index >= 15 is 0 Å². The molecule has 42 heavy (non-hydrogen) atoms. The van der Waals surface area contributed by atoms with Gasteiger partial charge in [0.15, 0.2) is 12.5 Å². The van der Waals surface area contributed by atoms with Crippen molar-refractivity contribution in [1.29, 1.82) is 0 Å². The highest BCUT2D eigenvalue weighted by atomic mass is 31.3. The maximum Gasteiger partial charge on any atom is 0.490 e. The predicted molar refractivity (Wildman–Crippen MR) is 125 cm³/mol. The molecule has 3 heterocycles. The molecule has 24 nitrogen and oxygen atoms in total. The minimum Gasteiger partial charge on any atom is -0.387 e. The summed E-state index contributed by atoms with van der Waals surface area (Å²) < 4.78 is 78.1. The Hall–Kier alpha value is -1.04. The number of aliphatic hydroxyl groups is 5. The molecular formula is C14H24N2O22P4. The molecule has 0 bridgehead atoms. The lowest BCUT2D eigenvalue weighted by Crippen LogP contribution is -2.37. The summed E-state index contributed by atoms with van der Waals surface area (Å²) in [5.74, 6) is 0. The normalized spacial score (nSPS) is 35.6. The van der Waals surface area contributed by atoms with E-state index in [2.05, 4.69) is 26.7 Å². The van der Waals surface area contributed by atoms with Gasteiger partial charge in [0.05, 0.1) is 13.2 Å². The van der Waals surface area contributed by atoms with Gasteiger partial charge in [-0.2, -0.15) is 12.9 Å². The van der Waals surface area contributed by atoms with Gasteiger partial charge in [-0.15, -0.1) is 0 Å². The number of hydrogen-bond donors (Lipinski definition) is 10. The first-order chi connectivity index (χ1) is 19.1. The van der Waals surface area contributed by atoms with Crippen molar-refractivity contribution < 1.29 is 94.8 Å². The second kappa shape index (κ2) is 13.1. The van der Waals surface area contributed by atoms with Crippen LogP contribution in [0.15, 0.2) is 21.9 Å². The first-order valence-corrected chi connectivity index (χ1v) is 16.9. The quantitative estimate of drug-likeness (QED) is 0.0880. The topological polar surface area (TPSA) is 370 Å². The van der Waals surface area contributed by atoms with Crippen LogP contribution < -0.4 is 11.2 Å². The molecule has 2 saturated heterocycles. The average Bonchev–Trinajstić information content (AvgIpc) is 3.23. The zero-order valence-electron chi connectivity index (χ0n) is 20.3. The fourth-order valence-corrected chi connectivity index (χ4v) is 8.35. The Morgan fingerprint density at radius 3 is 1.62 bits per heavy atom. The number of nitrogens with zero attached hydrogens (tertiary/aromatic N) is 1. The molecule has 2 aliphatic heterocycles. The van der Waals surface area contributed by atoms with Crippen LogP contribution >= 0.6 is 31.3 Å². The number of ether oxygens (including phenoxy) is 2. The Kier molecular flexibility index (Phi) is 11.1. The largest absolute Gasteiger partial charge is 0.490 e. The average molecular weight is 696 g/mol. The minimum atomic E-state index is -6.17. The van der Waals surface area contributed by atoms with Crippen LogP contribution in [-0.2, 0) is 49.7 Å². The van der Waals surface area contributed by atoms with E-state index in [0.29, 0.717) is 4.57 Å². The van der Waals surface area contributed by atoms with Crippen LogP contribution in [0.2, 0.25) is 0 Å². The molecule has 0 spiro atoms. The summed E-state index contributed by atoms with van der Waals surface area (Å²) in [6.07, 6.45) is -13.4. The van der Waals surface area contributed by atoms with E-state index < -0.39 is 105 Å². The molecule has 0 radical (unpaired) electrons. The van der Waals surface area contributed by atoms with Crippen LogP contribution in [0, 0.1) is 0 Å². The van der Waals surface area contributed by atoms with Gasteiger partial charge in [-0.25, -0.2) is 23.1 Å². The molecule has 1 aromatic heterocycles. The number of H-pyrrole nitrogens is 1. The zero-order chi connectivity index (χ0) is 31.8. The monoisotopic (exact) mass is 696 g/mol. The van der Waals surface area contributed by atoms with Crippen LogP contribution in [-0.4, -0.2) is 111 Å². The van der Waals surface area contributed by atoms with Crippen molar-refractivity contribution in [3.8, 4) is 0 Å². The number of aromatic nitrogens is 2. The number of rotatable bonds is 13. The Bertz CT molecular complexity index is 1430. The molecule has 2 fully saturated rings. The first-order valence-electron chi connectivity index (χ1n) is 10.9.